The Morgan fingerprint density at radius 1 is 0.946 bits per heavy atom. The molecule has 0 fully saturated rings. The molecule has 37 heavy (non-hydrogen) atoms. The van der Waals surface area contributed by atoms with Gasteiger partial charge in [-0.3, -0.25) is 14.1 Å². The van der Waals surface area contributed by atoms with Gasteiger partial charge in [-0.25, -0.2) is 8.42 Å². The predicted octanol–water partition coefficient (Wildman–Crippen LogP) is 0.922. The van der Waals surface area contributed by atoms with Gasteiger partial charge < -0.3 is 0 Å². The van der Waals surface area contributed by atoms with Gasteiger partial charge in [-0.05, 0) is 67.9 Å². The summed E-state index contributed by atoms with van der Waals surface area (Å²) >= 11 is 0. The summed E-state index contributed by atoms with van der Waals surface area (Å²) in [5, 5.41) is 13.4. The Balaban J connectivity index is 0.00000380. The van der Waals surface area contributed by atoms with Gasteiger partial charge in [0.15, 0.2) is 6.04 Å². The molecule has 14 heteroatoms. The number of hydrogen-bond acceptors (Lipinski definition) is 8. The number of anilines is 2. The van der Waals surface area contributed by atoms with Crippen LogP contribution in [0.25, 0.3) is 0 Å². The molecule has 3 aromatic carbocycles. The van der Waals surface area contributed by atoms with Gasteiger partial charge in [0.25, 0.3) is 26.0 Å². The molecule has 1 atom stereocenters. The first-order valence-corrected chi connectivity index (χ1v) is 13.4. The largest absolute Gasteiger partial charge is 1.00 e. The number of carbonyl (C=O) groups excluding carboxylic acids is 1. The van der Waals surface area contributed by atoms with Crippen molar-refractivity contribution >= 4 is 48.8 Å². The van der Waals surface area contributed by atoms with Crippen molar-refractivity contribution in [2.75, 3.05) is 9.73 Å². The van der Waals surface area contributed by atoms with Crippen molar-refractivity contribution in [3.8, 4) is 0 Å². The Morgan fingerprint density at radius 2 is 1.59 bits per heavy atom. The molecular formula is C23H21N5NaO6S2+. The van der Waals surface area contributed by atoms with Crippen LogP contribution in [0.4, 0.5) is 17.1 Å². The number of para-hydroxylation sites is 1. The molecule has 4 rings (SSSR count). The second-order valence-corrected chi connectivity index (χ2v) is 11.0. The van der Waals surface area contributed by atoms with Gasteiger partial charge in [0, 0.05) is 5.69 Å². The van der Waals surface area contributed by atoms with Gasteiger partial charge in [0.2, 0.25) is 0 Å². The standard InChI is InChI=1S/C23H21N5O6S2.Na/c1-15-8-9-18(14-21(15)35(30,31)27-17-6-4-3-5-7-17)24-25-22-16(2)26-28(23(22)29)19-10-12-20(13-11-19)36(32,33)34;/h3-14,22,27H,1-2H3,(H,32,33,34);/q;+1. The second kappa shape index (κ2) is 11.2. The third kappa shape index (κ3) is 6.50. The van der Waals surface area contributed by atoms with E-state index in [1.165, 1.54) is 18.2 Å². The minimum Gasteiger partial charge on any atom is -0.282 e. The van der Waals surface area contributed by atoms with Gasteiger partial charge in [-0.2, -0.15) is 28.8 Å². The normalized spacial score (nSPS) is 16.0. The smallest absolute Gasteiger partial charge is 0.282 e. The first kappa shape index (κ1) is 28.6. The van der Waals surface area contributed by atoms with Gasteiger partial charge in [-0.1, -0.05) is 24.3 Å². The number of hydrogen-bond donors (Lipinski definition) is 2. The van der Waals surface area contributed by atoms with E-state index in [2.05, 4.69) is 20.1 Å². The van der Waals surface area contributed by atoms with E-state index in [9.17, 15) is 21.6 Å². The topological polar surface area (TPSA) is 158 Å². The molecule has 0 aliphatic carbocycles. The molecule has 0 radical (unpaired) electrons. The van der Waals surface area contributed by atoms with Crippen LogP contribution in [-0.2, 0) is 24.9 Å². The second-order valence-electron chi connectivity index (χ2n) is 7.90. The Kier molecular flexibility index (Phi) is 8.67. The van der Waals surface area contributed by atoms with Crippen molar-refractivity contribution in [1.29, 1.82) is 0 Å². The monoisotopic (exact) mass is 550 g/mol. The molecule has 0 aromatic heterocycles. The maximum absolute atomic E-state index is 12.9. The molecule has 2 N–H and O–H groups in total. The summed E-state index contributed by atoms with van der Waals surface area (Å²) in [5.74, 6) is -0.526. The molecule has 1 amide bonds. The van der Waals surface area contributed by atoms with Crippen LogP contribution in [0.3, 0.4) is 0 Å². The number of aryl methyl sites for hydroxylation is 1. The molecular weight excluding hydrogens is 529 g/mol. The summed E-state index contributed by atoms with van der Waals surface area (Å²) < 4.78 is 59.9. The van der Waals surface area contributed by atoms with Crippen molar-refractivity contribution in [3.63, 3.8) is 0 Å². The molecule has 186 valence electrons. The van der Waals surface area contributed by atoms with Crippen molar-refractivity contribution in [2.45, 2.75) is 29.7 Å². The first-order valence-electron chi connectivity index (χ1n) is 10.5. The average Bonchev–Trinajstić information content (AvgIpc) is 3.11. The van der Waals surface area contributed by atoms with Crippen LogP contribution in [0.15, 0.2) is 97.9 Å². The molecule has 0 spiro atoms. The molecule has 1 aliphatic heterocycles. The van der Waals surface area contributed by atoms with Gasteiger partial charge >= 0.3 is 29.6 Å². The Labute approximate surface area is 236 Å². The van der Waals surface area contributed by atoms with E-state index < -0.39 is 32.1 Å². The number of hydrazone groups is 1. The zero-order valence-electron chi connectivity index (χ0n) is 20.1. The van der Waals surface area contributed by atoms with Crippen LogP contribution in [0.2, 0.25) is 0 Å². The Hall–Kier alpha value is -2.94. The van der Waals surface area contributed by atoms with Crippen molar-refractivity contribution in [2.24, 2.45) is 15.3 Å². The summed E-state index contributed by atoms with van der Waals surface area (Å²) in [7, 11) is -8.27. The fourth-order valence-electron chi connectivity index (χ4n) is 3.41. The molecule has 0 saturated heterocycles. The fourth-order valence-corrected chi connectivity index (χ4v) is 5.22. The first-order chi connectivity index (χ1) is 17.0. The number of azo groups is 1. The van der Waals surface area contributed by atoms with E-state index in [-0.39, 0.29) is 50.7 Å². The quantitative estimate of drug-likeness (QED) is 0.253. The third-order valence-corrected chi connectivity index (χ3v) is 7.64. The van der Waals surface area contributed by atoms with E-state index in [1.54, 1.807) is 56.3 Å². The maximum atomic E-state index is 12.9. The van der Waals surface area contributed by atoms with Gasteiger partial charge in [0.1, 0.15) is 0 Å². The maximum Gasteiger partial charge on any atom is 1.00 e. The van der Waals surface area contributed by atoms with Crippen LogP contribution < -0.4 is 39.3 Å². The number of nitrogens with zero attached hydrogens (tertiary/aromatic N) is 4. The molecule has 1 heterocycles. The van der Waals surface area contributed by atoms with E-state index in [1.807, 2.05) is 0 Å². The van der Waals surface area contributed by atoms with Crippen molar-refractivity contribution in [3.05, 3.63) is 78.4 Å². The Morgan fingerprint density at radius 3 is 2.22 bits per heavy atom. The zero-order chi connectivity index (χ0) is 26.1. The van der Waals surface area contributed by atoms with Crippen LogP contribution in [0, 0.1) is 6.92 Å². The molecule has 3 aromatic rings. The number of benzene rings is 3. The SMILES string of the molecule is CC1=NN(c2ccc(S(=O)(=O)O)cc2)C(=O)C1N=Nc1ccc(C)c(S(=O)(=O)Nc2ccccc2)c1.[Na+]. The van der Waals surface area contributed by atoms with Gasteiger partial charge in [0.05, 0.1) is 26.9 Å². The van der Waals surface area contributed by atoms with Crippen molar-refractivity contribution < 1.29 is 55.7 Å². The number of nitrogens with one attached hydrogen (secondary N) is 1. The van der Waals surface area contributed by atoms with Gasteiger partial charge in [-0.15, -0.1) is 0 Å². The minimum absolute atomic E-state index is 0. The van der Waals surface area contributed by atoms with Crippen LogP contribution >= 0.6 is 0 Å². The number of amides is 1. The average molecular weight is 551 g/mol. The fraction of sp³-hybridized carbons (Fsp3) is 0.130. The van der Waals surface area contributed by atoms with Crippen LogP contribution in [0.5, 0.6) is 0 Å². The van der Waals surface area contributed by atoms with Crippen molar-refractivity contribution in [1.82, 2.24) is 0 Å². The zero-order valence-corrected chi connectivity index (χ0v) is 23.7. The van der Waals surface area contributed by atoms with E-state index in [0.717, 1.165) is 17.1 Å². The molecule has 1 aliphatic rings. The van der Waals surface area contributed by atoms with E-state index >= 15 is 0 Å². The molecule has 11 nitrogen and oxygen atoms in total. The Bertz CT molecular complexity index is 1590. The third-order valence-electron chi connectivity index (χ3n) is 5.25. The minimum atomic E-state index is -4.37. The van der Waals surface area contributed by atoms with E-state index in [0.29, 0.717) is 17.0 Å². The summed E-state index contributed by atoms with van der Waals surface area (Å²) in [6.07, 6.45) is 0. The summed E-state index contributed by atoms with van der Waals surface area (Å²) in [6, 6.07) is 16.9. The predicted molar refractivity (Wildman–Crippen MR) is 134 cm³/mol. The number of sulfonamides is 1. The molecule has 1 unspecified atom stereocenters. The van der Waals surface area contributed by atoms with Crippen LogP contribution in [0.1, 0.15) is 12.5 Å². The number of carbonyl (C=O) groups is 1. The summed E-state index contributed by atoms with van der Waals surface area (Å²) in [6.45, 7) is 3.24. The van der Waals surface area contributed by atoms with E-state index in [4.69, 9.17) is 4.55 Å². The molecule has 0 bridgehead atoms. The summed E-state index contributed by atoms with van der Waals surface area (Å²) in [4.78, 5) is 12.6. The van der Waals surface area contributed by atoms with Crippen LogP contribution in [-0.4, -0.2) is 39.0 Å². The summed E-state index contributed by atoms with van der Waals surface area (Å²) in [5.41, 5.74) is 1.77. The number of rotatable bonds is 7. The molecule has 0 saturated carbocycles.